The molecule has 7 nitrogen and oxygen atoms in total. The van der Waals surface area contributed by atoms with Gasteiger partial charge in [-0.25, -0.2) is 0 Å². The SMILES string of the molecule is CNC(=O)c1sc(NCCc2noc(C)n2)c(SC)c1N. The second-order valence-electron chi connectivity index (χ2n) is 4.19. The van der Waals surface area contributed by atoms with E-state index in [2.05, 4.69) is 20.8 Å². The van der Waals surface area contributed by atoms with Crippen LogP contribution in [0.2, 0.25) is 0 Å². The second-order valence-corrected chi connectivity index (χ2v) is 6.03. The quantitative estimate of drug-likeness (QED) is 0.694. The second kappa shape index (κ2) is 6.81. The average Bonchev–Trinajstić information content (AvgIpc) is 3.02. The summed E-state index contributed by atoms with van der Waals surface area (Å²) in [5.41, 5.74) is 6.54. The Morgan fingerprint density at radius 3 is 2.86 bits per heavy atom. The van der Waals surface area contributed by atoms with Crippen molar-refractivity contribution in [3.63, 3.8) is 0 Å². The molecule has 114 valence electrons. The van der Waals surface area contributed by atoms with Gasteiger partial charge in [0.15, 0.2) is 5.82 Å². The minimum absolute atomic E-state index is 0.172. The zero-order valence-corrected chi connectivity index (χ0v) is 13.7. The van der Waals surface area contributed by atoms with Crippen LogP contribution in [0.3, 0.4) is 0 Å². The lowest BCUT2D eigenvalue weighted by molar-refractivity contribution is 0.0968. The summed E-state index contributed by atoms with van der Waals surface area (Å²) in [5, 5.41) is 10.6. The maximum absolute atomic E-state index is 11.8. The van der Waals surface area contributed by atoms with Gasteiger partial charge in [0.1, 0.15) is 9.88 Å². The molecule has 2 heterocycles. The summed E-state index contributed by atoms with van der Waals surface area (Å²) in [4.78, 5) is 17.3. The van der Waals surface area contributed by atoms with E-state index in [9.17, 15) is 4.79 Å². The minimum Gasteiger partial charge on any atom is -0.396 e. The zero-order valence-electron chi connectivity index (χ0n) is 12.0. The van der Waals surface area contributed by atoms with Gasteiger partial charge in [-0.3, -0.25) is 4.79 Å². The number of hydrogen-bond acceptors (Lipinski definition) is 8. The minimum atomic E-state index is -0.172. The number of hydrogen-bond donors (Lipinski definition) is 3. The fourth-order valence-corrected chi connectivity index (χ4v) is 3.77. The van der Waals surface area contributed by atoms with Gasteiger partial charge in [-0.05, 0) is 6.26 Å². The molecular formula is C12H17N5O2S2. The number of amides is 1. The summed E-state index contributed by atoms with van der Waals surface area (Å²) in [6.07, 6.45) is 2.57. The van der Waals surface area contributed by atoms with Crippen molar-refractivity contribution >= 4 is 39.7 Å². The molecule has 0 aromatic carbocycles. The number of rotatable bonds is 6. The van der Waals surface area contributed by atoms with Crippen molar-refractivity contribution in [2.24, 2.45) is 0 Å². The van der Waals surface area contributed by atoms with Gasteiger partial charge in [0.2, 0.25) is 5.89 Å². The predicted molar refractivity (Wildman–Crippen MR) is 85.1 cm³/mol. The van der Waals surface area contributed by atoms with Gasteiger partial charge in [-0.15, -0.1) is 23.1 Å². The zero-order chi connectivity index (χ0) is 15.4. The van der Waals surface area contributed by atoms with Crippen LogP contribution in [0.5, 0.6) is 0 Å². The van der Waals surface area contributed by atoms with Crippen molar-refractivity contribution in [2.45, 2.75) is 18.2 Å². The smallest absolute Gasteiger partial charge is 0.263 e. The molecule has 4 N–H and O–H groups in total. The molecule has 0 saturated heterocycles. The Labute approximate surface area is 130 Å². The molecule has 21 heavy (non-hydrogen) atoms. The molecule has 0 aliphatic heterocycles. The summed E-state index contributed by atoms with van der Waals surface area (Å²) in [7, 11) is 1.59. The fourth-order valence-electron chi connectivity index (χ4n) is 1.76. The molecule has 2 aromatic rings. The Balaban J connectivity index is 2.07. The Bertz CT molecular complexity index is 638. The van der Waals surface area contributed by atoms with E-state index in [1.807, 2.05) is 6.26 Å². The first-order valence-corrected chi connectivity index (χ1v) is 8.32. The Hall–Kier alpha value is -1.74. The third-order valence-electron chi connectivity index (χ3n) is 2.74. The summed E-state index contributed by atoms with van der Waals surface area (Å²) in [6.45, 7) is 2.39. The van der Waals surface area contributed by atoms with Crippen LogP contribution in [-0.4, -0.2) is 35.9 Å². The van der Waals surface area contributed by atoms with Crippen molar-refractivity contribution in [1.29, 1.82) is 0 Å². The molecule has 0 aliphatic rings. The molecule has 0 radical (unpaired) electrons. The standard InChI is InChI=1S/C12H17N5O2S2/c1-6-16-7(17-19-6)4-5-15-12-10(20-3)8(13)9(21-12)11(18)14-2/h15H,4-5,13H2,1-3H3,(H,14,18). The summed E-state index contributed by atoms with van der Waals surface area (Å²) >= 11 is 2.86. The van der Waals surface area contributed by atoms with Crippen LogP contribution in [0.4, 0.5) is 10.7 Å². The first kappa shape index (κ1) is 15.6. The van der Waals surface area contributed by atoms with E-state index in [0.717, 1.165) is 9.90 Å². The van der Waals surface area contributed by atoms with Crippen molar-refractivity contribution in [3.8, 4) is 0 Å². The maximum atomic E-state index is 11.8. The molecule has 1 amide bonds. The van der Waals surface area contributed by atoms with Crippen LogP contribution in [0, 0.1) is 6.92 Å². The number of carbonyl (C=O) groups excluding carboxylic acids is 1. The molecule has 0 bridgehead atoms. The van der Waals surface area contributed by atoms with E-state index in [0.29, 0.717) is 35.2 Å². The van der Waals surface area contributed by atoms with E-state index in [1.165, 1.54) is 23.1 Å². The van der Waals surface area contributed by atoms with Crippen LogP contribution in [0.15, 0.2) is 9.42 Å². The summed E-state index contributed by atoms with van der Waals surface area (Å²) in [5.74, 6) is 1.04. The number of nitrogen functional groups attached to an aromatic ring is 1. The number of carbonyl (C=O) groups is 1. The Morgan fingerprint density at radius 2 is 2.29 bits per heavy atom. The molecule has 0 spiro atoms. The van der Waals surface area contributed by atoms with Gasteiger partial charge in [0.25, 0.3) is 5.91 Å². The molecule has 0 aliphatic carbocycles. The third-order valence-corrected chi connectivity index (χ3v) is 4.86. The number of aryl methyl sites for hydroxylation is 1. The molecule has 2 aromatic heterocycles. The molecule has 0 saturated carbocycles. The Morgan fingerprint density at radius 1 is 1.52 bits per heavy atom. The highest BCUT2D eigenvalue weighted by molar-refractivity contribution is 7.99. The predicted octanol–water partition coefficient (Wildman–Crippen LogP) is 1.76. The molecule has 0 atom stereocenters. The van der Waals surface area contributed by atoms with E-state index in [4.69, 9.17) is 10.3 Å². The molecule has 0 fully saturated rings. The molecule has 0 unspecified atom stereocenters. The highest BCUT2D eigenvalue weighted by atomic mass is 32.2. The van der Waals surface area contributed by atoms with E-state index >= 15 is 0 Å². The lowest BCUT2D eigenvalue weighted by atomic mass is 10.3. The number of nitrogens with one attached hydrogen (secondary N) is 2. The van der Waals surface area contributed by atoms with E-state index < -0.39 is 0 Å². The number of thiophene rings is 1. The largest absolute Gasteiger partial charge is 0.396 e. The number of anilines is 2. The molecular weight excluding hydrogens is 310 g/mol. The van der Waals surface area contributed by atoms with Crippen molar-refractivity contribution in [1.82, 2.24) is 15.5 Å². The lowest BCUT2D eigenvalue weighted by Gasteiger charge is -2.04. The van der Waals surface area contributed by atoms with Crippen LogP contribution >= 0.6 is 23.1 Å². The van der Waals surface area contributed by atoms with Crippen molar-refractivity contribution in [2.75, 3.05) is 30.9 Å². The number of nitrogens with zero attached hydrogens (tertiary/aromatic N) is 2. The first-order valence-electron chi connectivity index (χ1n) is 6.28. The van der Waals surface area contributed by atoms with Crippen LogP contribution in [0.1, 0.15) is 21.4 Å². The fraction of sp³-hybridized carbons (Fsp3) is 0.417. The van der Waals surface area contributed by atoms with Gasteiger partial charge in [0.05, 0.1) is 10.6 Å². The summed E-state index contributed by atoms with van der Waals surface area (Å²) < 4.78 is 4.92. The van der Waals surface area contributed by atoms with Crippen LogP contribution < -0.4 is 16.4 Å². The maximum Gasteiger partial charge on any atom is 0.263 e. The lowest BCUT2D eigenvalue weighted by Crippen LogP contribution is -2.17. The van der Waals surface area contributed by atoms with Gasteiger partial charge in [0, 0.05) is 26.9 Å². The van der Waals surface area contributed by atoms with Gasteiger partial charge < -0.3 is 20.9 Å². The number of aromatic nitrogens is 2. The highest BCUT2D eigenvalue weighted by Crippen LogP contribution is 2.41. The van der Waals surface area contributed by atoms with Gasteiger partial charge in [-0.2, -0.15) is 4.98 Å². The molecule has 2 rings (SSSR count). The Kier molecular flexibility index (Phi) is 5.07. The monoisotopic (exact) mass is 327 g/mol. The molecule has 9 heteroatoms. The van der Waals surface area contributed by atoms with Crippen LogP contribution in [0.25, 0.3) is 0 Å². The van der Waals surface area contributed by atoms with Crippen LogP contribution in [-0.2, 0) is 6.42 Å². The van der Waals surface area contributed by atoms with Crippen molar-refractivity contribution in [3.05, 3.63) is 16.6 Å². The highest BCUT2D eigenvalue weighted by Gasteiger charge is 2.19. The van der Waals surface area contributed by atoms with Crippen molar-refractivity contribution < 1.29 is 9.32 Å². The van der Waals surface area contributed by atoms with Gasteiger partial charge in [-0.1, -0.05) is 5.16 Å². The van der Waals surface area contributed by atoms with Gasteiger partial charge >= 0.3 is 0 Å². The number of nitrogens with two attached hydrogens (primary N) is 1. The topological polar surface area (TPSA) is 106 Å². The third kappa shape index (κ3) is 3.48. The summed E-state index contributed by atoms with van der Waals surface area (Å²) in [6, 6.07) is 0. The normalized spacial score (nSPS) is 10.6. The average molecular weight is 327 g/mol. The van der Waals surface area contributed by atoms with E-state index in [1.54, 1.807) is 14.0 Å². The number of thioether (sulfide) groups is 1. The first-order chi connectivity index (χ1) is 10.1. The van der Waals surface area contributed by atoms with E-state index in [-0.39, 0.29) is 5.91 Å².